The zero-order valence-electron chi connectivity index (χ0n) is 17.0. The van der Waals surface area contributed by atoms with E-state index in [9.17, 15) is 14.7 Å². The minimum Gasteiger partial charge on any atom is -0.507 e. The number of fused-ring (bicyclic) bond motifs is 1. The second-order valence-corrected chi connectivity index (χ2v) is 7.19. The lowest BCUT2D eigenvalue weighted by molar-refractivity contribution is -0.139. The number of aromatic hydroxyl groups is 1. The minimum atomic E-state index is -0.294. The number of hydrogen-bond donors (Lipinski definition) is 1. The summed E-state index contributed by atoms with van der Waals surface area (Å²) < 4.78 is 16.7. The SMILES string of the molecule is CCCc1cc(CC(=O)OC)ccc1OC1COc2ccc(C(C)=O)c(O)c2C1. The van der Waals surface area contributed by atoms with Crippen LogP contribution < -0.4 is 9.47 Å². The number of carbonyl (C=O) groups is 2. The molecule has 1 aliphatic heterocycles. The Hall–Kier alpha value is -3.02. The molecule has 0 spiro atoms. The van der Waals surface area contributed by atoms with E-state index in [4.69, 9.17) is 14.2 Å². The number of phenolic OH excluding ortho intramolecular Hbond substituents is 1. The van der Waals surface area contributed by atoms with Gasteiger partial charge in [-0.1, -0.05) is 25.5 Å². The molecule has 2 aromatic carbocycles. The Morgan fingerprint density at radius 1 is 1.24 bits per heavy atom. The van der Waals surface area contributed by atoms with Crippen LogP contribution in [0.25, 0.3) is 0 Å². The Balaban J connectivity index is 1.81. The maximum atomic E-state index is 11.7. The van der Waals surface area contributed by atoms with E-state index in [0.29, 0.717) is 24.3 Å². The summed E-state index contributed by atoms with van der Waals surface area (Å²) in [6.07, 6.45) is 2.11. The molecule has 154 valence electrons. The Kier molecular flexibility index (Phi) is 6.42. The molecule has 1 heterocycles. The van der Waals surface area contributed by atoms with Gasteiger partial charge in [0.05, 0.1) is 19.1 Å². The van der Waals surface area contributed by atoms with Gasteiger partial charge in [-0.2, -0.15) is 0 Å². The first kappa shape index (κ1) is 20.7. The summed E-state index contributed by atoms with van der Waals surface area (Å²) in [5.41, 5.74) is 2.77. The Bertz CT molecular complexity index is 918. The molecular weight excluding hydrogens is 372 g/mol. The van der Waals surface area contributed by atoms with Crippen LogP contribution in [0.5, 0.6) is 17.2 Å². The van der Waals surface area contributed by atoms with Gasteiger partial charge in [-0.15, -0.1) is 0 Å². The van der Waals surface area contributed by atoms with E-state index in [1.54, 1.807) is 12.1 Å². The maximum absolute atomic E-state index is 11.7. The van der Waals surface area contributed by atoms with Crippen molar-refractivity contribution in [3.05, 3.63) is 52.6 Å². The topological polar surface area (TPSA) is 82.1 Å². The van der Waals surface area contributed by atoms with Crippen LogP contribution in [0, 0.1) is 0 Å². The number of methoxy groups -OCH3 is 1. The minimum absolute atomic E-state index is 0.0366. The Morgan fingerprint density at radius 2 is 2.03 bits per heavy atom. The van der Waals surface area contributed by atoms with Gasteiger partial charge in [0, 0.05) is 12.0 Å². The highest BCUT2D eigenvalue weighted by atomic mass is 16.5. The molecule has 0 aliphatic carbocycles. The molecule has 1 atom stereocenters. The number of phenols is 1. The van der Waals surface area contributed by atoms with E-state index < -0.39 is 0 Å². The van der Waals surface area contributed by atoms with Crippen LogP contribution in [-0.2, 0) is 28.8 Å². The first-order chi connectivity index (χ1) is 13.9. The molecule has 1 N–H and O–H groups in total. The third kappa shape index (κ3) is 4.70. The number of esters is 1. The summed E-state index contributed by atoms with van der Waals surface area (Å²) in [6, 6.07) is 8.99. The summed E-state index contributed by atoms with van der Waals surface area (Å²) in [5.74, 6) is 0.801. The molecule has 0 radical (unpaired) electrons. The number of rotatable bonds is 7. The molecule has 0 amide bonds. The van der Waals surface area contributed by atoms with Crippen molar-refractivity contribution in [1.29, 1.82) is 0 Å². The lowest BCUT2D eigenvalue weighted by atomic mass is 9.98. The molecule has 3 rings (SSSR count). The highest BCUT2D eigenvalue weighted by molar-refractivity contribution is 5.97. The summed E-state index contributed by atoms with van der Waals surface area (Å²) >= 11 is 0. The van der Waals surface area contributed by atoms with Crippen LogP contribution >= 0.6 is 0 Å². The van der Waals surface area contributed by atoms with Crippen molar-refractivity contribution in [3.8, 4) is 17.2 Å². The predicted octanol–water partition coefficient (Wildman–Crippen LogP) is 3.65. The van der Waals surface area contributed by atoms with E-state index in [2.05, 4.69) is 6.92 Å². The van der Waals surface area contributed by atoms with Gasteiger partial charge in [0.15, 0.2) is 5.78 Å². The van der Waals surface area contributed by atoms with Gasteiger partial charge in [0.2, 0.25) is 0 Å². The molecule has 0 fully saturated rings. The smallest absolute Gasteiger partial charge is 0.309 e. The molecule has 2 aromatic rings. The second kappa shape index (κ2) is 8.99. The van der Waals surface area contributed by atoms with Gasteiger partial charge in [-0.25, -0.2) is 0 Å². The molecule has 0 saturated carbocycles. The van der Waals surface area contributed by atoms with Gasteiger partial charge in [-0.05, 0) is 42.7 Å². The fourth-order valence-corrected chi connectivity index (χ4v) is 3.52. The van der Waals surface area contributed by atoms with Crippen LogP contribution in [0.3, 0.4) is 0 Å². The number of benzene rings is 2. The molecule has 0 saturated heterocycles. The van der Waals surface area contributed by atoms with Crippen LogP contribution in [0.1, 0.15) is 47.3 Å². The van der Waals surface area contributed by atoms with Gasteiger partial charge in [-0.3, -0.25) is 9.59 Å². The average molecular weight is 398 g/mol. The molecule has 0 bridgehead atoms. The van der Waals surface area contributed by atoms with Crippen LogP contribution in [0.4, 0.5) is 0 Å². The fraction of sp³-hybridized carbons (Fsp3) is 0.391. The van der Waals surface area contributed by atoms with Gasteiger partial charge in [0.1, 0.15) is 30.0 Å². The van der Waals surface area contributed by atoms with Crippen molar-refractivity contribution in [1.82, 2.24) is 0 Å². The Morgan fingerprint density at radius 3 is 2.72 bits per heavy atom. The predicted molar refractivity (Wildman–Crippen MR) is 108 cm³/mol. The molecular formula is C23H26O6. The summed E-state index contributed by atoms with van der Waals surface area (Å²) in [4.78, 5) is 23.3. The van der Waals surface area contributed by atoms with Gasteiger partial charge >= 0.3 is 5.97 Å². The molecule has 0 aromatic heterocycles. The van der Waals surface area contributed by atoms with Crippen molar-refractivity contribution >= 4 is 11.8 Å². The number of hydrogen-bond acceptors (Lipinski definition) is 6. The van der Waals surface area contributed by atoms with Crippen molar-refractivity contribution in [2.75, 3.05) is 13.7 Å². The molecule has 6 heteroatoms. The zero-order valence-corrected chi connectivity index (χ0v) is 17.0. The molecule has 6 nitrogen and oxygen atoms in total. The van der Waals surface area contributed by atoms with E-state index in [0.717, 1.165) is 29.7 Å². The van der Waals surface area contributed by atoms with Gasteiger partial charge < -0.3 is 19.3 Å². The molecule has 29 heavy (non-hydrogen) atoms. The number of ether oxygens (including phenoxy) is 3. The standard InChI is InChI=1S/C23H26O6/c1-4-5-16-10-15(11-22(25)27-3)6-8-20(16)29-17-12-19-21(28-13-17)9-7-18(14(2)24)23(19)26/h6-10,17,26H,4-5,11-13H2,1-3H3. The van der Waals surface area contributed by atoms with Crippen molar-refractivity contribution in [2.45, 2.75) is 45.6 Å². The van der Waals surface area contributed by atoms with Gasteiger partial charge in [0.25, 0.3) is 0 Å². The highest BCUT2D eigenvalue weighted by Crippen LogP contribution is 2.36. The average Bonchev–Trinajstić information content (AvgIpc) is 2.70. The lowest BCUT2D eigenvalue weighted by Crippen LogP contribution is -2.32. The quantitative estimate of drug-likeness (QED) is 0.566. The number of Topliss-reactive ketones (excluding diaryl/α,β-unsaturated/α-hetero) is 1. The third-order valence-electron chi connectivity index (χ3n) is 4.99. The monoisotopic (exact) mass is 398 g/mol. The van der Waals surface area contributed by atoms with Crippen molar-refractivity contribution < 1.29 is 28.9 Å². The van der Waals surface area contributed by atoms with Crippen molar-refractivity contribution in [3.63, 3.8) is 0 Å². The molecule has 1 aliphatic rings. The van der Waals surface area contributed by atoms with E-state index in [1.165, 1.54) is 14.0 Å². The van der Waals surface area contributed by atoms with E-state index in [-0.39, 0.29) is 35.6 Å². The van der Waals surface area contributed by atoms with E-state index >= 15 is 0 Å². The van der Waals surface area contributed by atoms with Crippen molar-refractivity contribution in [2.24, 2.45) is 0 Å². The van der Waals surface area contributed by atoms with E-state index in [1.807, 2.05) is 18.2 Å². The highest BCUT2D eigenvalue weighted by Gasteiger charge is 2.27. The first-order valence-corrected chi connectivity index (χ1v) is 9.76. The maximum Gasteiger partial charge on any atom is 0.309 e. The van der Waals surface area contributed by atoms with Crippen LogP contribution in [0.2, 0.25) is 0 Å². The van der Waals surface area contributed by atoms with Crippen LogP contribution in [0.15, 0.2) is 30.3 Å². The lowest BCUT2D eigenvalue weighted by Gasteiger charge is -2.28. The number of aryl methyl sites for hydroxylation is 1. The third-order valence-corrected chi connectivity index (χ3v) is 4.99. The summed E-state index contributed by atoms with van der Waals surface area (Å²) in [7, 11) is 1.38. The number of ketones is 1. The Labute approximate surface area is 170 Å². The first-order valence-electron chi connectivity index (χ1n) is 9.76. The summed E-state index contributed by atoms with van der Waals surface area (Å²) in [6.45, 7) is 3.85. The number of carbonyl (C=O) groups excluding carboxylic acids is 2. The normalized spacial score (nSPS) is 15.2. The van der Waals surface area contributed by atoms with Crippen LogP contribution in [-0.4, -0.2) is 36.7 Å². The molecule has 1 unspecified atom stereocenters. The fourth-order valence-electron chi connectivity index (χ4n) is 3.52. The zero-order chi connectivity index (χ0) is 21.0. The largest absolute Gasteiger partial charge is 0.507 e. The summed E-state index contributed by atoms with van der Waals surface area (Å²) in [5, 5.41) is 10.5. The second-order valence-electron chi connectivity index (χ2n) is 7.19.